The molecule has 112 valence electrons. The van der Waals surface area contributed by atoms with Crippen LogP contribution in [-0.2, 0) is 4.79 Å². The molecule has 1 rings (SSSR count). The molecule has 1 aliphatic heterocycles. The van der Waals surface area contributed by atoms with Gasteiger partial charge >= 0.3 is 0 Å². The third-order valence-corrected chi connectivity index (χ3v) is 4.57. The minimum Gasteiger partial charge on any atom is -0.352 e. The number of rotatable bonds is 6. The fourth-order valence-electron chi connectivity index (χ4n) is 2.94. The van der Waals surface area contributed by atoms with Crippen LogP contribution < -0.4 is 10.6 Å². The van der Waals surface area contributed by atoms with Gasteiger partial charge in [0.1, 0.15) is 0 Å². The van der Waals surface area contributed by atoms with Crippen molar-refractivity contribution in [1.29, 1.82) is 0 Å². The van der Waals surface area contributed by atoms with Gasteiger partial charge in [0.05, 0.1) is 6.04 Å². The zero-order chi connectivity index (χ0) is 14.4. The highest BCUT2D eigenvalue weighted by molar-refractivity contribution is 5.81. The Bertz CT molecular complexity index is 279. The lowest BCUT2D eigenvalue weighted by atomic mass is 9.93. The fourth-order valence-corrected chi connectivity index (χ4v) is 2.94. The predicted molar refractivity (Wildman–Crippen MR) is 80.2 cm³/mol. The number of likely N-dealkylation sites (tertiary alicyclic amines) is 1. The van der Waals surface area contributed by atoms with Crippen molar-refractivity contribution in [2.75, 3.05) is 20.1 Å². The van der Waals surface area contributed by atoms with Gasteiger partial charge in [-0.25, -0.2) is 0 Å². The van der Waals surface area contributed by atoms with Crippen LogP contribution in [0.2, 0.25) is 0 Å². The number of nitrogens with zero attached hydrogens (tertiary/aromatic N) is 1. The van der Waals surface area contributed by atoms with E-state index < -0.39 is 0 Å². The smallest absolute Gasteiger partial charge is 0.237 e. The summed E-state index contributed by atoms with van der Waals surface area (Å²) < 4.78 is 0. The van der Waals surface area contributed by atoms with Crippen LogP contribution in [0.15, 0.2) is 0 Å². The van der Waals surface area contributed by atoms with Crippen LogP contribution in [0.1, 0.15) is 47.0 Å². The summed E-state index contributed by atoms with van der Waals surface area (Å²) in [6.45, 7) is 10.6. The van der Waals surface area contributed by atoms with Crippen molar-refractivity contribution in [3.05, 3.63) is 0 Å². The molecule has 4 heteroatoms. The summed E-state index contributed by atoms with van der Waals surface area (Å²) >= 11 is 0. The summed E-state index contributed by atoms with van der Waals surface area (Å²) in [5.74, 6) is 0.783. The second-order valence-electron chi connectivity index (χ2n) is 5.85. The second-order valence-corrected chi connectivity index (χ2v) is 5.85. The molecule has 19 heavy (non-hydrogen) atoms. The van der Waals surface area contributed by atoms with E-state index in [0.717, 1.165) is 32.4 Å². The molecule has 4 nitrogen and oxygen atoms in total. The SMILES string of the molecule is CCC(CC)NC(=O)C(C)N1CCC(NC)C(C)C1. The summed E-state index contributed by atoms with van der Waals surface area (Å²) in [6.07, 6.45) is 3.14. The number of hydrogen-bond donors (Lipinski definition) is 2. The predicted octanol–water partition coefficient (Wildman–Crippen LogP) is 1.61. The Morgan fingerprint density at radius 3 is 2.47 bits per heavy atom. The van der Waals surface area contributed by atoms with Crippen molar-refractivity contribution in [2.45, 2.75) is 65.1 Å². The first kappa shape index (κ1) is 16.4. The Morgan fingerprint density at radius 2 is 2.00 bits per heavy atom. The highest BCUT2D eigenvalue weighted by atomic mass is 16.2. The van der Waals surface area contributed by atoms with E-state index in [4.69, 9.17) is 0 Å². The van der Waals surface area contributed by atoms with Crippen molar-refractivity contribution in [2.24, 2.45) is 5.92 Å². The Labute approximate surface area is 118 Å². The maximum atomic E-state index is 12.3. The molecule has 1 amide bonds. The Balaban J connectivity index is 2.49. The normalized spacial score (nSPS) is 26.4. The van der Waals surface area contributed by atoms with Crippen molar-refractivity contribution in [3.8, 4) is 0 Å². The first-order valence-corrected chi connectivity index (χ1v) is 7.75. The van der Waals surface area contributed by atoms with Crippen LogP contribution in [0, 0.1) is 5.92 Å². The molecule has 0 spiro atoms. The van der Waals surface area contributed by atoms with Gasteiger partial charge in [0.25, 0.3) is 0 Å². The Kier molecular flexibility index (Phi) is 6.80. The molecule has 1 heterocycles. The molecule has 3 atom stereocenters. The lowest BCUT2D eigenvalue weighted by Crippen LogP contribution is -2.54. The summed E-state index contributed by atoms with van der Waals surface area (Å²) in [6, 6.07) is 0.897. The van der Waals surface area contributed by atoms with E-state index in [1.165, 1.54) is 0 Å². The lowest BCUT2D eigenvalue weighted by Gasteiger charge is -2.39. The van der Waals surface area contributed by atoms with Crippen molar-refractivity contribution < 1.29 is 4.79 Å². The van der Waals surface area contributed by atoms with Crippen LogP contribution in [0.3, 0.4) is 0 Å². The van der Waals surface area contributed by atoms with Crippen LogP contribution in [0.25, 0.3) is 0 Å². The third kappa shape index (κ3) is 4.46. The molecule has 0 aromatic heterocycles. The monoisotopic (exact) mass is 269 g/mol. The van der Waals surface area contributed by atoms with Crippen LogP contribution in [-0.4, -0.2) is 49.1 Å². The molecule has 0 radical (unpaired) electrons. The minimum atomic E-state index is -0.0131. The number of amides is 1. The molecule has 0 aliphatic carbocycles. The molecule has 1 aliphatic rings. The highest BCUT2D eigenvalue weighted by Gasteiger charge is 2.30. The van der Waals surface area contributed by atoms with Gasteiger partial charge in [-0.1, -0.05) is 20.8 Å². The van der Waals surface area contributed by atoms with Gasteiger partial charge in [-0.05, 0) is 39.2 Å². The van der Waals surface area contributed by atoms with Crippen molar-refractivity contribution >= 4 is 5.91 Å². The molecule has 0 aromatic rings. The molecule has 0 saturated carbocycles. The number of carbonyl (C=O) groups is 1. The van der Waals surface area contributed by atoms with Crippen LogP contribution in [0.4, 0.5) is 0 Å². The van der Waals surface area contributed by atoms with E-state index >= 15 is 0 Å². The van der Waals surface area contributed by atoms with Gasteiger partial charge in [-0.2, -0.15) is 0 Å². The topological polar surface area (TPSA) is 44.4 Å². The van der Waals surface area contributed by atoms with Gasteiger partial charge in [0, 0.05) is 25.2 Å². The molecule has 0 aromatic carbocycles. The lowest BCUT2D eigenvalue weighted by molar-refractivity contribution is -0.127. The van der Waals surface area contributed by atoms with Gasteiger partial charge in [0.2, 0.25) is 5.91 Å². The zero-order valence-electron chi connectivity index (χ0n) is 13.2. The zero-order valence-corrected chi connectivity index (χ0v) is 13.2. The number of nitrogens with one attached hydrogen (secondary N) is 2. The number of hydrogen-bond acceptors (Lipinski definition) is 3. The largest absolute Gasteiger partial charge is 0.352 e. The maximum Gasteiger partial charge on any atom is 0.237 e. The standard InChI is InChI=1S/C15H31N3O/c1-6-13(7-2)17-15(19)12(4)18-9-8-14(16-5)11(3)10-18/h11-14,16H,6-10H2,1-5H3,(H,17,19). The summed E-state index contributed by atoms with van der Waals surface area (Å²) in [7, 11) is 2.03. The third-order valence-electron chi connectivity index (χ3n) is 4.57. The molecule has 1 fully saturated rings. The van der Waals surface area contributed by atoms with Gasteiger partial charge in [0.15, 0.2) is 0 Å². The van der Waals surface area contributed by atoms with Crippen LogP contribution >= 0.6 is 0 Å². The molecular weight excluding hydrogens is 238 g/mol. The Hall–Kier alpha value is -0.610. The van der Waals surface area contributed by atoms with E-state index in [1.807, 2.05) is 14.0 Å². The quantitative estimate of drug-likeness (QED) is 0.770. The average molecular weight is 269 g/mol. The summed E-state index contributed by atoms with van der Waals surface area (Å²) in [4.78, 5) is 14.6. The first-order valence-electron chi connectivity index (χ1n) is 7.75. The molecule has 1 saturated heterocycles. The second kappa shape index (κ2) is 7.85. The van der Waals surface area contributed by atoms with Crippen molar-refractivity contribution in [3.63, 3.8) is 0 Å². The van der Waals surface area contributed by atoms with Gasteiger partial charge in [-0.15, -0.1) is 0 Å². The van der Waals surface area contributed by atoms with Gasteiger partial charge < -0.3 is 10.6 Å². The van der Waals surface area contributed by atoms with E-state index in [-0.39, 0.29) is 11.9 Å². The van der Waals surface area contributed by atoms with Crippen molar-refractivity contribution in [1.82, 2.24) is 15.5 Å². The Morgan fingerprint density at radius 1 is 1.37 bits per heavy atom. The molecule has 2 N–H and O–H groups in total. The van der Waals surface area contributed by atoms with E-state index in [1.54, 1.807) is 0 Å². The minimum absolute atomic E-state index is 0.0131. The van der Waals surface area contributed by atoms with E-state index in [0.29, 0.717) is 18.0 Å². The number of piperidine rings is 1. The van der Waals surface area contributed by atoms with Crippen LogP contribution in [0.5, 0.6) is 0 Å². The van der Waals surface area contributed by atoms with E-state index in [2.05, 4.69) is 36.3 Å². The summed E-state index contributed by atoms with van der Waals surface area (Å²) in [5, 5.41) is 6.52. The molecule has 0 bridgehead atoms. The average Bonchev–Trinajstić information content (AvgIpc) is 2.43. The van der Waals surface area contributed by atoms with E-state index in [9.17, 15) is 4.79 Å². The highest BCUT2D eigenvalue weighted by Crippen LogP contribution is 2.18. The fraction of sp³-hybridized carbons (Fsp3) is 0.933. The maximum absolute atomic E-state index is 12.3. The molecular formula is C15H31N3O. The molecule has 3 unspecified atom stereocenters. The van der Waals surface area contributed by atoms with Gasteiger partial charge in [-0.3, -0.25) is 9.69 Å². The number of carbonyl (C=O) groups excluding carboxylic acids is 1. The summed E-state index contributed by atoms with van der Waals surface area (Å²) in [5.41, 5.74) is 0. The first-order chi connectivity index (χ1) is 9.03.